The summed E-state index contributed by atoms with van der Waals surface area (Å²) < 4.78 is 0. The van der Waals surface area contributed by atoms with Crippen molar-refractivity contribution in [1.82, 2.24) is 10.3 Å². The van der Waals surface area contributed by atoms with Gasteiger partial charge in [0.1, 0.15) is 5.82 Å². The van der Waals surface area contributed by atoms with Gasteiger partial charge in [-0.3, -0.25) is 0 Å². The van der Waals surface area contributed by atoms with Crippen LogP contribution in [0.4, 0.5) is 5.82 Å². The van der Waals surface area contributed by atoms with E-state index in [0.29, 0.717) is 5.56 Å². The SMILES string of the molecule is N#Cc1cccc(CNCc2cc3ccccc3nc2N2CCCCC2)c1. The summed E-state index contributed by atoms with van der Waals surface area (Å²) in [6.45, 7) is 3.67. The van der Waals surface area contributed by atoms with Crippen LogP contribution in [0.15, 0.2) is 54.6 Å². The monoisotopic (exact) mass is 356 g/mol. The number of benzene rings is 2. The summed E-state index contributed by atoms with van der Waals surface area (Å²) in [5.41, 5.74) is 4.13. The lowest BCUT2D eigenvalue weighted by atomic mass is 10.1. The molecule has 0 bridgehead atoms. The van der Waals surface area contributed by atoms with Crippen molar-refractivity contribution in [2.45, 2.75) is 32.4 Å². The molecule has 0 aliphatic carbocycles. The maximum atomic E-state index is 9.06. The van der Waals surface area contributed by atoms with Crippen molar-refractivity contribution in [3.05, 3.63) is 71.3 Å². The third kappa shape index (κ3) is 4.10. The number of rotatable bonds is 5. The third-order valence-electron chi connectivity index (χ3n) is 5.14. The molecule has 1 N–H and O–H groups in total. The second-order valence-corrected chi connectivity index (χ2v) is 7.13. The largest absolute Gasteiger partial charge is 0.356 e. The van der Waals surface area contributed by atoms with E-state index in [2.05, 4.69) is 52.7 Å². The minimum Gasteiger partial charge on any atom is -0.356 e. The molecule has 1 aromatic heterocycles. The smallest absolute Gasteiger partial charge is 0.133 e. The zero-order valence-corrected chi connectivity index (χ0v) is 15.5. The molecule has 1 fully saturated rings. The first-order chi connectivity index (χ1) is 13.3. The van der Waals surface area contributed by atoms with Crippen LogP contribution in [-0.4, -0.2) is 18.1 Å². The molecule has 27 heavy (non-hydrogen) atoms. The van der Waals surface area contributed by atoms with Crippen LogP contribution in [0.5, 0.6) is 0 Å². The van der Waals surface area contributed by atoms with E-state index in [-0.39, 0.29) is 0 Å². The lowest BCUT2D eigenvalue weighted by Crippen LogP contribution is -2.31. The lowest BCUT2D eigenvalue weighted by Gasteiger charge is -2.30. The van der Waals surface area contributed by atoms with Crippen molar-refractivity contribution in [3.8, 4) is 6.07 Å². The van der Waals surface area contributed by atoms with Crippen LogP contribution in [0.25, 0.3) is 10.9 Å². The van der Waals surface area contributed by atoms with Gasteiger partial charge in [-0.1, -0.05) is 30.3 Å². The number of nitriles is 1. The molecule has 0 radical (unpaired) electrons. The van der Waals surface area contributed by atoms with Gasteiger partial charge in [-0.2, -0.15) is 5.26 Å². The summed E-state index contributed by atoms with van der Waals surface area (Å²) in [7, 11) is 0. The van der Waals surface area contributed by atoms with Crippen molar-refractivity contribution in [2.24, 2.45) is 0 Å². The molecule has 1 saturated heterocycles. The molecule has 1 aliphatic heterocycles. The molecule has 1 aliphatic rings. The molecule has 2 heterocycles. The highest BCUT2D eigenvalue weighted by Crippen LogP contribution is 2.26. The third-order valence-corrected chi connectivity index (χ3v) is 5.14. The van der Waals surface area contributed by atoms with Crippen LogP contribution >= 0.6 is 0 Å². The molecular weight excluding hydrogens is 332 g/mol. The zero-order valence-electron chi connectivity index (χ0n) is 15.5. The number of pyridine rings is 1. The number of hydrogen-bond acceptors (Lipinski definition) is 4. The zero-order chi connectivity index (χ0) is 18.5. The Bertz CT molecular complexity index is 968. The molecule has 4 rings (SSSR count). The Kier molecular flexibility index (Phi) is 5.32. The van der Waals surface area contributed by atoms with Crippen LogP contribution in [-0.2, 0) is 13.1 Å². The molecule has 0 amide bonds. The Morgan fingerprint density at radius 1 is 0.963 bits per heavy atom. The second kappa shape index (κ2) is 8.20. The summed E-state index contributed by atoms with van der Waals surface area (Å²) in [6.07, 6.45) is 3.79. The first-order valence-electron chi connectivity index (χ1n) is 9.67. The van der Waals surface area contributed by atoms with Gasteiger partial charge in [-0.15, -0.1) is 0 Å². The van der Waals surface area contributed by atoms with Crippen molar-refractivity contribution in [3.63, 3.8) is 0 Å². The van der Waals surface area contributed by atoms with Gasteiger partial charge in [-0.05, 0) is 49.1 Å². The van der Waals surface area contributed by atoms with Gasteiger partial charge in [0.25, 0.3) is 0 Å². The Balaban J connectivity index is 1.56. The molecule has 0 atom stereocenters. The van der Waals surface area contributed by atoms with Gasteiger partial charge in [0.15, 0.2) is 0 Å². The minimum absolute atomic E-state index is 0.704. The summed E-state index contributed by atoms with van der Waals surface area (Å²) in [4.78, 5) is 7.43. The topological polar surface area (TPSA) is 52.0 Å². The average Bonchev–Trinajstić information content (AvgIpc) is 2.74. The Labute approximate surface area is 160 Å². The number of aromatic nitrogens is 1. The van der Waals surface area contributed by atoms with E-state index < -0.39 is 0 Å². The predicted molar refractivity (Wildman–Crippen MR) is 110 cm³/mol. The molecular formula is C23H24N4. The van der Waals surface area contributed by atoms with Gasteiger partial charge >= 0.3 is 0 Å². The number of nitrogens with zero attached hydrogens (tertiary/aromatic N) is 3. The predicted octanol–water partition coefficient (Wildman–Crippen LogP) is 4.39. The van der Waals surface area contributed by atoms with E-state index in [1.165, 1.54) is 30.2 Å². The maximum Gasteiger partial charge on any atom is 0.133 e. The number of nitrogens with one attached hydrogen (secondary N) is 1. The number of para-hydroxylation sites is 1. The molecule has 2 aromatic carbocycles. The normalized spacial score (nSPS) is 14.3. The van der Waals surface area contributed by atoms with Crippen molar-refractivity contribution < 1.29 is 0 Å². The molecule has 0 unspecified atom stereocenters. The summed E-state index contributed by atoms with van der Waals surface area (Å²) in [6, 6.07) is 20.6. The second-order valence-electron chi connectivity index (χ2n) is 7.13. The highest BCUT2D eigenvalue weighted by molar-refractivity contribution is 5.81. The van der Waals surface area contributed by atoms with E-state index in [0.717, 1.165) is 43.1 Å². The van der Waals surface area contributed by atoms with E-state index in [9.17, 15) is 0 Å². The number of anilines is 1. The average molecular weight is 356 g/mol. The molecule has 3 aromatic rings. The fourth-order valence-corrected chi connectivity index (χ4v) is 3.75. The van der Waals surface area contributed by atoms with Gasteiger partial charge in [-0.25, -0.2) is 4.98 Å². The summed E-state index contributed by atoms with van der Waals surface area (Å²) in [5.74, 6) is 1.12. The van der Waals surface area contributed by atoms with Gasteiger partial charge in [0.05, 0.1) is 17.1 Å². The van der Waals surface area contributed by atoms with E-state index in [1.807, 2.05) is 18.2 Å². The van der Waals surface area contributed by atoms with Crippen LogP contribution < -0.4 is 10.2 Å². The van der Waals surface area contributed by atoms with Crippen molar-refractivity contribution in [1.29, 1.82) is 5.26 Å². The number of fused-ring (bicyclic) bond motifs is 1. The highest BCUT2D eigenvalue weighted by atomic mass is 15.2. The Morgan fingerprint density at radius 2 is 1.81 bits per heavy atom. The number of hydrogen-bond donors (Lipinski definition) is 1. The van der Waals surface area contributed by atoms with Crippen LogP contribution in [0, 0.1) is 11.3 Å². The van der Waals surface area contributed by atoms with E-state index in [1.54, 1.807) is 0 Å². The maximum absolute atomic E-state index is 9.06. The van der Waals surface area contributed by atoms with E-state index >= 15 is 0 Å². The van der Waals surface area contributed by atoms with Gasteiger partial charge in [0.2, 0.25) is 0 Å². The van der Waals surface area contributed by atoms with Crippen molar-refractivity contribution in [2.75, 3.05) is 18.0 Å². The van der Waals surface area contributed by atoms with Crippen LogP contribution in [0.3, 0.4) is 0 Å². The minimum atomic E-state index is 0.704. The first kappa shape index (κ1) is 17.5. The Hall–Kier alpha value is -2.90. The molecule has 4 heteroatoms. The van der Waals surface area contributed by atoms with Crippen LogP contribution in [0.1, 0.15) is 36.0 Å². The summed E-state index contributed by atoms with van der Waals surface area (Å²) in [5, 5.41) is 13.8. The standard InChI is InChI=1S/C23H24N4/c24-15-18-7-6-8-19(13-18)16-25-17-21-14-20-9-2-3-10-22(20)26-23(21)27-11-4-1-5-12-27/h2-3,6-10,13-14,25H,1,4-5,11-12,16-17H2. The van der Waals surface area contributed by atoms with Crippen LogP contribution in [0.2, 0.25) is 0 Å². The van der Waals surface area contributed by atoms with E-state index in [4.69, 9.17) is 10.2 Å². The quantitative estimate of drug-likeness (QED) is 0.737. The van der Waals surface area contributed by atoms with Crippen molar-refractivity contribution >= 4 is 16.7 Å². The molecule has 0 spiro atoms. The Morgan fingerprint density at radius 3 is 2.67 bits per heavy atom. The molecule has 4 nitrogen and oxygen atoms in total. The fraction of sp³-hybridized carbons (Fsp3) is 0.304. The molecule has 0 saturated carbocycles. The fourth-order valence-electron chi connectivity index (χ4n) is 3.75. The number of piperidine rings is 1. The first-order valence-corrected chi connectivity index (χ1v) is 9.67. The summed E-state index contributed by atoms with van der Waals surface area (Å²) >= 11 is 0. The lowest BCUT2D eigenvalue weighted by molar-refractivity contribution is 0.570. The van der Waals surface area contributed by atoms with Gasteiger partial charge < -0.3 is 10.2 Å². The highest BCUT2D eigenvalue weighted by Gasteiger charge is 2.16. The van der Waals surface area contributed by atoms with Gasteiger partial charge in [0, 0.05) is 37.1 Å². The molecule has 136 valence electrons.